The van der Waals surface area contributed by atoms with Gasteiger partial charge in [-0.15, -0.1) is 0 Å². The molecule has 0 radical (unpaired) electrons. The number of hydrogen-bond donors (Lipinski definition) is 4. The summed E-state index contributed by atoms with van der Waals surface area (Å²) in [7, 11) is -4.03. The Bertz CT molecular complexity index is 1130. The fourth-order valence-corrected chi connectivity index (χ4v) is 5.07. The summed E-state index contributed by atoms with van der Waals surface area (Å²) < 4.78 is 27.1. The van der Waals surface area contributed by atoms with E-state index in [-0.39, 0.29) is 17.4 Å². The molecule has 1 unspecified atom stereocenters. The van der Waals surface area contributed by atoms with Gasteiger partial charge in [-0.25, -0.2) is 13.1 Å². The number of primary amides is 1. The van der Waals surface area contributed by atoms with Crippen LogP contribution in [0.2, 0.25) is 0 Å². The molecular formula is C24H31N3O5S2. The van der Waals surface area contributed by atoms with Crippen molar-refractivity contribution in [1.29, 1.82) is 0 Å². The average Bonchev–Trinajstić information content (AvgIpc) is 2.76. The van der Waals surface area contributed by atoms with Crippen LogP contribution in [0, 0.1) is 11.8 Å². The molecule has 3 amide bonds. The molecule has 34 heavy (non-hydrogen) atoms. The molecule has 0 aromatic heterocycles. The molecule has 0 fully saturated rings. The van der Waals surface area contributed by atoms with Gasteiger partial charge in [0.05, 0.1) is 4.90 Å². The van der Waals surface area contributed by atoms with Crippen LogP contribution in [-0.4, -0.2) is 37.9 Å². The number of nitrogens with one attached hydrogen (secondary N) is 2. The molecule has 0 saturated heterocycles. The minimum atomic E-state index is -4.03. The summed E-state index contributed by atoms with van der Waals surface area (Å²) in [4.78, 5) is 36.0. The number of benzene rings is 2. The third kappa shape index (κ3) is 7.59. The van der Waals surface area contributed by atoms with Gasteiger partial charge in [0.15, 0.2) is 0 Å². The van der Waals surface area contributed by atoms with Crippen molar-refractivity contribution in [2.24, 2.45) is 17.6 Å². The maximum atomic E-state index is 12.7. The first-order chi connectivity index (χ1) is 15.9. The van der Waals surface area contributed by atoms with E-state index in [4.69, 9.17) is 5.73 Å². The summed E-state index contributed by atoms with van der Waals surface area (Å²) in [6.45, 7) is 5.20. The first-order valence-electron chi connectivity index (χ1n) is 10.9. The Hall–Kier alpha value is -2.85. The van der Waals surface area contributed by atoms with Crippen LogP contribution in [0.3, 0.4) is 0 Å². The van der Waals surface area contributed by atoms with Gasteiger partial charge in [0.2, 0.25) is 17.7 Å². The second-order valence-corrected chi connectivity index (χ2v) is 10.5. The lowest BCUT2D eigenvalue weighted by molar-refractivity contribution is -0.133. The zero-order valence-electron chi connectivity index (χ0n) is 19.4. The van der Waals surface area contributed by atoms with Crippen LogP contribution in [0.25, 0.3) is 11.1 Å². The highest BCUT2D eigenvalue weighted by Gasteiger charge is 2.27. The fourth-order valence-electron chi connectivity index (χ4n) is 3.61. The van der Waals surface area contributed by atoms with E-state index in [1.54, 1.807) is 42.5 Å². The van der Waals surface area contributed by atoms with Gasteiger partial charge in [-0.05, 0) is 36.0 Å². The zero-order valence-corrected chi connectivity index (χ0v) is 21.2. The maximum absolute atomic E-state index is 12.7. The summed E-state index contributed by atoms with van der Waals surface area (Å²) in [5.74, 6) is -2.10. The fraction of sp³-hybridized carbons (Fsp3) is 0.375. The van der Waals surface area contributed by atoms with Gasteiger partial charge in [-0.1, -0.05) is 56.3 Å². The monoisotopic (exact) mass is 505 g/mol. The summed E-state index contributed by atoms with van der Waals surface area (Å²) >= 11 is 4.28. The molecule has 0 aliphatic rings. The highest BCUT2D eigenvalue weighted by atomic mass is 32.2. The van der Waals surface area contributed by atoms with Crippen LogP contribution >= 0.6 is 12.6 Å². The van der Waals surface area contributed by atoms with Crippen molar-refractivity contribution >= 4 is 40.4 Å². The average molecular weight is 506 g/mol. The number of carbonyl (C=O) groups excluding carboxylic acids is 3. The lowest BCUT2D eigenvalue weighted by Crippen LogP contribution is -2.45. The molecule has 2 aromatic carbocycles. The minimum Gasteiger partial charge on any atom is -0.369 e. The molecule has 2 rings (SSSR count). The number of hydrogen-bond acceptors (Lipinski definition) is 6. The summed E-state index contributed by atoms with van der Waals surface area (Å²) in [5.41, 5.74) is 7.21. The first kappa shape index (κ1) is 27.4. The third-order valence-electron chi connectivity index (χ3n) is 5.14. The number of sulfonamides is 1. The van der Waals surface area contributed by atoms with Crippen molar-refractivity contribution in [2.45, 2.75) is 44.6 Å². The van der Waals surface area contributed by atoms with Gasteiger partial charge in [-0.2, -0.15) is 12.6 Å². The second-order valence-electron chi connectivity index (χ2n) is 8.53. The van der Waals surface area contributed by atoms with E-state index in [0.717, 1.165) is 13.3 Å². The van der Waals surface area contributed by atoms with Gasteiger partial charge in [0, 0.05) is 24.3 Å². The van der Waals surface area contributed by atoms with E-state index in [0.29, 0.717) is 28.4 Å². The van der Waals surface area contributed by atoms with Crippen molar-refractivity contribution < 1.29 is 22.8 Å². The molecule has 184 valence electrons. The Labute approximate surface area is 206 Å². The molecule has 4 N–H and O–H groups in total. The smallest absolute Gasteiger partial charge is 0.264 e. The number of nitrogens with two attached hydrogens (primary N) is 1. The van der Waals surface area contributed by atoms with Gasteiger partial charge < -0.3 is 11.1 Å². The second kappa shape index (κ2) is 12.0. The van der Waals surface area contributed by atoms with E-state index in [1.807, 2.05) is 18.6 Å². The molecule has 10 heteroatoms. The largest absolute Gasteiger partial charge is 0.369 e. The summed E-state index contributed by atoms with van der Waals surface area (Å²) in [6.07, 6.45) is 0.838. The SMILES string of the molecule is CC(=O)NS(=O)(=O)c1ccccc1-c1ccc(CC(C(N)=O)C(=O)N[C@@H](CS)CC(C)C)cc1. The molecule has 0 saturated carbocycles. The van der Waals surface area contributed by atoms with E-state index in [2.05, 4.69) is 17.9 Å². The van der Waals surface area contributed by atoms with Crippen molar-refractivity contribution in [3.05, 3.63) is 54.1 Å². The first-order valence-corrected chi connectivity index (χ1v) is 13.0. The Morgan fingerprint density at radius 2 is 1.65 bits per heavy atom. The van der Waals surface area contributed by atoms with Crippen LogP contribution in [-0.2, 0) is 30.8 Å². The van der Waals surface area contributed by atoms with E-state index in [1.165, 1.54) is 6.07 Å². The predicted molar refractivity (Wildman–Crippen MR) is 135 cm³/mol. The van der Waals surface area contributed by atoms with Crippen LogP contribution in [0.5, 0.6) is 0 Å². The normalized spacial score (nSPS) is 13.2. The Morgan fingerprint density at radius 1 is 1.03 bits per heavy atom. The lowest BCUT2D eigenvalue weighted by atomic mass is 9.95. The van der Waals surface area contributed by atoms with Gasteiger partial charge in [0.1, 0.15) is 5.92 Å². The van der Waals surface area contributed by atoms with Crippen molar-refractivity contribution in [3.63, 3.8) is 0 Å². The topological polar surface area (TPSA) is 135 Å². The van der Waals surface area contributed by atoms with Gasteiger partial charge in [0.25, 0.3) is 10.0 Å². The minimum absolute atomic E-state index is 0.0321. The molecule has 2 atom stereocenters. The van der Waals surface area contributed by atoms with E-state index in [9.17, 15) is 22.8 Å². The number of amides is 3. The van der Waals surface area contributed by atoms with Crippen LogP contribution in [0.1, 0.15) is 32.8 Å². The van der Waals surface area contributed by atoms with Crippen LogP contribution < -0.4 is 15.8 Å². The van der Waals surface area contributed by atoms with E-state index < -0.39 is 33.7 Å². The van der Waals surface area contributed by atoms with Gasteiger partial charge in [-0.3, -0.25) is 14.4 Å². The lowest BCUT2D eigenvalue weighted by Gasteiger charge is -2.21. The summed E-state index contributed by atoms with van der Waals surface area (Å²) in [6, 6.07) is 13.0. The molecule has 0 spiro atoms. The van der Waals surface area contributed by atoms with Crippen molar-refractivity contribution in [3.8, 4) is 11.1 Å². The van der Waals surface area contributed by atoms with Crippen molar-refractivity contribution in [2.75, 3.05) is 5.75 Å². The molecule has 8 nitrogen and oxygen atoms in total. The van der Waals surface area contributed by atoms with Crippen molar-refractivity contribution in [1.82, 2.24) is 10.0 Å². The molecule has 0 aliphatic heterocycles. The van der Waals surface area contributed by atoms with Gasteiger partial charge >= 0.3 is 0 Å². The van der Waals surface area contributed by atoms with Crippen LogP contribution in [0.15, 0.2) is 53.4 Å². The standard InChI is InChI=1S/C24H31N3O5S2/c1-15(2)12-19(14-33)26-24(30)21(23(25)29)13-17-8-10-18(11-9-17)20-6-4-5-7-22(20)34(31,32)27-16(3)28/h4-11,15,19,21,33H,12-14H2,1-3H3,(H2,25,29)(H,26,30)(H,27,28)/t19-,21?/m1/s1. The molecule has 0 aliphatic carbocycles. The quantitative estimate of drug-likeness (QED) is 0.274. The molecule has 0 heterocycles. The zero-order chi connectivity index (χ0) is 25.5. The Morgan fingerprint density at radius 3 is 2.18 bits per heavy atom. The summed E-state index contributed by atoms with van der Waals surface area (Å²) in [5, 5.41) is 2.86. The number of thiol groups is 1. The Kier molecular flexibility index (Phi) is 9.69. The van der Waals surface area contributed by atoms with Crippen LogP contribution in [0.4, 0.5) is 0 Å². The highest BCUT2D eigenvalue weighted by molar-refractivity contribution is 7.90. The highest BCUT2D eigenvalue weighted by Crippen LogP contribution is 2.28. The molecule has 2 aromatic rings. The molecular weight excluding hydrogens is 474 g/mol. The number of rotatable bonds is 11. The third-order valence-corrected chi connectivity index (χ3v) is 7.07. The van der Waals surface area contributed by atoms with E-state index >= 15 is 0 Å². The Balaban J connectivity index is 2.25. The maximum Gasteiger partial charge on any atom is 0.264 e. The predicted octanol–water partition coefficient (Wildman–Crippen LogP) is 2.28. The molecule has 0 bridgehead atoms. The number of carbonyl (C=O) groups is 3.